The number of hydrogen-bond acceptors (Lipinski definition) is 2. The quantitative estimate of drug-likeness (QED) is 0.813. The molecule has 0 heterocycles. The Hall–Kier alpha value is -1.07. The van der Waals surface area contributed by atoms with Crippen LogP contribution in [0.1, 0.15) is 30.6 Å². The summed E-state index contributed by atoms with van der Waals surface area (Å²) in [5, 5.41) is 12.3. The maximum atomic E-state index is 12.0. The van der Waals surface area contributed by atoms with Gasteiger partial charge in [-0.1, -0.05) is 25.4 Å². The molecule has 0 aromatic heterocycles. The molecule has 4 nitrogen and oxygen atoms in total. The van der Waals surface area contributed by atoms with Crippen molar-refractivity contribution in [3.05, 3.63) is 33.3 Å². The van der Waals surface area contributed by atoms with E-state index in [0.717, 1.165) is 0 Å². The van der Waals surface area contributed by atoms with Crippen LogP contribution in [-0.4, -0.2) is 23.5 Å². The highest BCUT2D eigenvalue weighted by atomic mass is 79.9. The molecule has 0 aliphatic rings. The molecule has 0 spiro atoms. The Bertz CT molecular complexity index is 505. The molecule has 1 amide bonds. The van der Waals surface area contributed by atoms with E-state index in [9.17, 15) is 9.59 Å². The maximum Gasteiger partial charge on any atom is 0.308 e. The molecule has 1 aromatic carbocycles. The van der Waals surface area contributed by atoms with Gasteiger partial charge in [0.05, 0.1) is 10.9 Å². The number of carbonyl (C=O) groups excluding carboxylic acids is 1. The summed E-state index contributed by atoms with van der Waals surface area (Å²) >= 11 is 9.10. The summed E-state index contributed by atoms with van der Waals surface area (Å²) in [6.45, 7) is 4.02. The summed E-state index contributed by atoms with van der Waals surface area (Å²) in [6, 6.07) is 4.82. The molecule has 20 heavy (non-hydrogen) atoms. The van der Waals surface area contributed by atoms with Crippen LogP contribution in [-0.2, 0) is 4.79 Å². The van der Waals surface area contributed by atoms with Crippen LogP contribution in [0.15, 0.2) is 22.7 Å². The molecule has 0 fully saturated rings. The van der Waals surface area contributed by atoms with Crippen molar-refractivity contribution in [3.63, 3.8) is 0 Å². The zero-order chi connectivity index (χ0) is 15.3. The van der Waals surface area contributed by atoms with Crippen molar-refractivity contribution in [2.45, 2.75) is 20.3 Å². The lowest BCUT2D eigenvalue weighted by atomic mass is 9.97. The van der Waals surface area contributed by atoms with Crippen LogP contribution >= 0.6 is 27.5 Å². The Morgan fingerprint density at radius 2 is 2.05 bits per heavy atom. The van der Waals surface area contributed by atoms with E-state index in [2.05, 4.69) is 21.2 Å². The van der Waals surface area contributed by atoms with Gasteiger partial charge in [0.1, 0.15) is 0 Å². The predicted octanol–water partition coefficient (Wildman–Crippen LogP) is 3.58. The Morgan fingerprint density at radius 3 is 2.55 bits per heavy atom. The Kier molecular flexibility index (Phi) is 6.49. The lowest BCUT2D eigenvalue weighted by Crippen LogP contribution is -2.33. The number of rotatable bonds is 6. The number of halogens is 2. The maximum absolute atomic E-state index is 12.0. The lowest BCUT2D eigenvalue weighted by molar-refractivity contribution is -0.142. The highest BCUT2D eigenvalue weighted by molar-refractivity contribution is 9.10. The van der Waals surface area contributed by atoms with Gasteiger partial charge in [-0.15, -0.1) is 0 Å². The molecule has 1 rings (SSSR count). The minimum absolute atomic E-state index is 0.118. The summed E-state index contributed by atoms with van der Waals surface area (Å²) in [4.78, 5) is 23.1. The zero-order valence-corrected chi connectivity index (χ0v) is 13.7. The average Bonchev–Trinajstić information content (AvgIpc) is 2.36. The first-order chi connectivity index (χ1) is 9.31. The lowest BCUT2D eigenvalue weighted by Gasteiger charge is -2.15. The van der Waals surface area contributed by atoms with E-state index in [0.29, 0.717) is 21.5 Å². The minimum Gasteiger partial charge on any atom is -0.481 e. The first-order valence-corrected chi connectivity index (χ1v) is 7.44. The van der Waals surface area contributed by atoms with Gasteiger partial charge in [0.15, 0.2) is 0 Å². The topological polar surface area (TPSA) is 66.4 Å². The van der Waals surface area contributed by atoms with Gasteiger partial charge in [-0.3, -0.25) is 9.59 Å². The van der Waals surface area contributed by atoms with Crippen molar-refractivity contribution in [1.29, 1.82) is 0 Å². The first kappa shape index (κ1) is 17.0. The van der Waals surface area contributed by atoms with E-state index in [-0.39, 0.29) is 18.4 Å². The van der Waals surface area contributed by atoms with Crippen molar-refractivity contribution < 1.29 is 14.7 Å². The first-order valence-electron chi connectivity index (χ1n) is 6.27. The van der Waals surface area contributed by atoms with Gasteiger partial charge < -0.3 is 10.4 Å². The van der Waals surface area contributed by atoms with E-state index >= 15 is 0 Å². The highest BCUT2D eigenvalue weighted by Crippen LogP contribution is 2.23. The summed E-state index contributed by atoms with van der Waals surface area (Å²) in [7, 11) is 0. The summed E-state index contributed by atoms with van der Waals surface area (Å²) < 4.78 is 0.629. The fourth-order valence-electron chi connectivity index (χ4n) is 1.80. The Balaban J connectivity index is 2.65. The van der Waals surface area contributed by atoms with Gasteiger partial charge in [-0.05, 0) is 46.5 Å². The second kappa shape index (κ2) is 7.64. The molecule has 1 aromatic rings. The summed E-state index contributed by atoms with van der Waals surface area (Å²) in [5.74, 6) is -1.51. The second-order valence-corrected chi connectivity index (χ2v) is 6.27. The number of aliphatic carboxylic acids is 1. The van der Waals surface area contributed by atoms with Crippen LogP contribution in [0.25, 0.3) is 0 Å². The summed E-state index contributed by atoms with van der Waals surface area (Å²) in [5.41, 5.74) is 0.440. The number of carboxylic acids is 1. The molecule has 110 valence electrons. The number of nitrogens with one attached hydrogen (secondary N) is 1. The van der Waals surface area contributed by atoms with Crippen LogP contribution in [0.3, 0.4) is 0 Å². The number of carbonyl (C=O) groups is 2. The van der Waals surface area contributed by atoms with Gasteiger partial charge in [0, 0.05) is 16.6 Å². The van der Waals surface area contributed by atoms with Crippen molar-refractivity contribution in [1.82, 2.24) is 5.32 Å². The molecular formula is C14H17BrClNO3. The van der Waals surface area contributed by atoms with Crippen LogP contribution in [0.4, 0.5) is 0 Å². The van der Waals surface area contributed by atoms with E-state index in [4.69, 9.17) is 16.7 Å². The largest absolute Gasteiger partial charge is 0.481 e. The smallest absolute Gasteiger partial charge is 0.308 e. The number of hydrogen-bond donors (Lipinski definition) is 2. The van der Waals surface area contributed by atoms with Gasteiger partial charge in [0.2, 0.25) is 0 Å². The third kappa shape index (κ3) is 5.13. The Labute approximate surface area is 131 Å². The van der Waals surface area contributed by atoms with Crippen molar-refractivity contribution in [3.8, 4) is 0 Å². The molecular weight excluding hydrogens is 346 g/mol. The van der Waals surface area contributed by atoms with E-state index in [1.54, 1.807) is 18.2 Å². The van der Waals surface area contributed by atoms with Crippen molar-refractivity contribution in [2.75, 3.05) is 6.54 Å². The third-order valence-corrected chi connectivity index (χ3v) is 4.01. The molecule has 2 N–H and O–H groups in total. The SMILES string of the molecule is CC(C)CC(CNC(=O)c1ccc(Cl)c(Br)c1)C(=O)O. The van der Waals surface area contributed by atoms with Gasteiger partial charge >= 0.3 is 5.97 Å². The van der Waals surface area contributed by atoms with Crippen LogP contribution in [0, 0.1) is 11.8 Å². The molecule has 1 unspecified atom stereocenters. The standard InChI is InChI=1S/C14H17BrClNO3/c1-8(2)5-10(14(19)20)7-17-13(18)9-3-4-12(16)11(15)6-9/h3-4,6,8,10H,5,7H2,1-2H3,(H,17,18)(H,19,20). The van der Waals surface area contributed by atoms with E-state index in [1.807, 2.05) is 13.8 Å². The van der Waals surface area contributed by atoms with Gasteiger partial charge in [-0.2, -0.15) is 0 Å². The molecule has 0 aliphatic heterocycles. The Morgan fingerprint density at radius 1 is 1.40 bits per heavy atom. The minimum atomic E-state index is -0.892. The third-order valence-electron chi connectivity index (χ3n) is 2.80. The van der Waals surface area contributed by atoms with Gasteiger partial charge in [0.25, 0.3) is 5.91 Å². The zero-order valence-electron chi connectivity index (χ0n) is 11.3. The van der Waals surface area contributed by atoms with Crippen molar-refractivity contribution in [2.24, 2.45) is 11.8 Å². The van der Waals surface area contributed by atoms with Crippen LogP contribution in [0.2, 0.25) is 5.02 Å². The molecule has 0 saturated carbocycles. The number of benzene rings is 1. The molecule has 0 aliphatic carbocycles. The highest BCUT2D eigenvalue weighted by Gasteiger charge is 2.20. The molecule has 6 heteroatoms. The van der Waals surface area contributed by atoms with Gasteiger partial charge in [-0.25, -0.2) is 0 Å². The normalized spacial score (nSPS) is 12.2. The number of carboxylic acid groups (broad SMARTS) is 1. The van der Waals surface area contributed by atoms with E-state index in [1.165, 1.54) is 0 Å². The molecule has 0 bridgehead atoms. The van der Waals surface area contributed by atoms with Crippen LogP contribution < -0.4 is 5.32 Å². The second-order valence-electron chi connectivity index (χ2n) is 5.00. The number of amides is 1. The van der Waals surface area contributed by atoms with Crippen molar-refractivity contribution >= 4 is 39.4 Å². The average molecular weight is 363 g/mol. The molecule has 1 atom stereocenters. The fourth-order valence-corrected chi connectivity index (χ4v) is 2.29. The van der Waals surface area contributed by atoms with Crippen LogP contribution in [0.5, 0.6) is 0 Å². The monoisotopic (exact) mass is 361 g/mol. The fraction of sp³-hybridized carbons (Fsp3) is 0.429. The summed E-state index contributed by atoms with van der Waals surface area (Å²) in [6.07, 6.45) is 0.528. The molecule has 0 saturated heterocycles. The predicted molar refractivity (Wildman–Crippen MR) is 82.1 cm³/mol. The van der Waals surface area contributed by atoms with E-state index < -0.39 is 11.9 Å². The molecule has 0 radical (unpaired) electrons.